The third kappa shape index (κ3) is 7.41. The van der Waals surface area contributed by atoms with Crippen molar-refractivity contribution in [2.24, 2.45) is 5.92 Å². The van der Waals surface area contributed by atoms with Crippen molar-refractivity contribution in [2.75, 3.05) is 32.7 Å². The minimum atomic E-state index is -0.778. The Morgan fingerprint density at radius 1 is 1.21 bits per heavy atom. The number of carbonyl (C=O) groups excluding carboxylic acids is 1. The average molecular weight is 412 g/mol. The van der Waals surface area contributed by atoms with Gasteiger partial charge in [0.1, 0.15) is 0 Å². The number of carboxylic acids is 1. The van der Waals surface area contributed by atoms with Crippen LogP contribution in [0.25, 0.3) is 0 Å². The molecule has 0 radical (unpaired) electrons. The molecule has 1 aliphatic rings. The number of benzene rings is 1. The van der Waals surface area contributed by atoms with Crippen LogP contribution in [0.15, 0.2) is 30.3 Å². The van der Waals surface area contributed by atoms with Gasteiger partial charge < -0.3 is 10.4 Å². The van der Waals surface area contributed by atoms with Gasteiger partial charge in [-0.1, -0.05) is 51.1 Å². The summed E-state index contributed by atoms with van der Waals surface area (Å²) in [6.07, 6.45) is 1.81. The van der Waals surface area contributed by atoms with Gasteiger partial charge in [0.2, 0.25) is 5.91 Å². The number of likely N-dealkylation sites (tertiary alicyclic amines) is 1. The highest BCUT2D eigenvalue weighted by molar-refractivity contribution is 5.85. The van der Waals surface area contributed by atoms with E-state index in [0.29, 0.717) is 12.5 Å². The van der Waals surface area contributed by atoms with Gasteiger partial charge in [-0.3, -0.25) is 19.4 Å². The number of likely N-dealkylation sites (N-methyl/N-ethyl adjacent to an activating group) is 1. The molecule has 1 saturated heterocycles. The van der Waals surface area contributed by atoms with E-state index in [1.807, 2.05) is 30.0 Å². The lowest BCUT2D eigenvalue weighted by Crippen LogP contribution is -2.49. The number of hydrogen-bond donors (Lipinski definition) is 2. The third-order valence-corrected chi connectivity index (χ3v) is 5.33. The highest BCUT2D eigenvalue weighted by Crippen LogP contribution is 2.21. The molecular formula is C21H34ClN3O3. The molecule has 1 aromatic rings. The molecule has 1 amide bonds. The Labute approximate surface area is 174 Å². The second-order valence-corrected chi connectivity index (χ2v) is 7.66. The molecule has 28 heavy (non-hydrogen) atoms. The lowest BCUT2D eigenvalue weighted by molar-refractivity contribution is -0.139. The molecule has 0 aliphatic carbocycles. The maximum atomic E-state index is 12.6. The van der Waals surface area contributed by atoms with Crippen LogP contribution in [0.5, 0.6) is 0 Å². The van der Waals surface area contributed by atoms with Crippen LogP contribution in [0, 0.1) is 5.92 Å². The maximum Gasteiger partial charge on any atom is 0.317 e. The van der Waals surface area contributed by atoms with Crippen LogP contribution in [-0.4, -0.2) is 65.5 Å². The molecular weight excluding hydrogens is 378 g/mol. The molecule has 0 aromatic heterocycles. The summed E-state index contributed by atoms with van der Waals surface area (Å²) in [4.78, 5) is 27.8. The first-order valence-corrected chi connectivity index (χ1v) is 9.93. The van der Waals surface area contributed by atoms with Gasteiger partial charge in [-0.15, -0.1) is 12.4 Å². The molecule has 0 saturated carbocycles. The summed E-state index contributed by atoms with van der Waals surface area (Å²) in [5, 5.41) is 12.2. The van der Waals surface area contributed by atoms with E-state index < -0.39 is 5.97 Å². The molecule has 1 aromatic carbocycles. The Hall–Kier alpha value is -1.63. The molecule has 1 fully saturated rings. The minimum Gasteiger partial charge on any atom is -0.480 e. The van der Waals surface area contributed by atoms with Crippen molar-refractivity contribution in [3.63, 3.8) is 0 Å². The lowest BCUT2D eigenvalue weighted by Gasteiger charge is -2.37. The van der Waals surface area contributed by atoms with Crippen LogP contribution in [-0.2, 0) is 9.59 Å². The number of aliphatic carboxylic acids is 1. The maximum absolute atomic E-state index is 12.6. The number of amides is 1. The first-order valence-electron chi connectivity index (χ1n) is 9.93. The lowest BCUT2D eigenvalue weighted by atomic mass is 9.96. The van der Waals surface area contributed by atoms with Crippen molar-refractivity contribution in [3.8, 4) is 0 Å². The quantitative estimate of drug-likeness (QED) is 0.653. The highest BCUT2D eigenvalue weighted by atomic mass is 35.5. The molecule has 0 bridgehead atoms. The summed E-state index contributed by atoms with van der Waals surface area (Å²) in [7, 11) is 0. The first-order chi connectivity index (χ1) is 12.9. The van der Waals surface area contributed by atoms with E-state index >= 15 is 0 Å². The van der Waals surface area contributed by atoms with Gasteiger partial charge in [0.15, 0.2) is 0 Å². The first kappa shape index (κ1) is 24.4. The molecule has 0 spiro atoms. The fraction of sp³-hybridized carbons (Fsp3) is 0.619. The molecule has 2 N–H and O–H groups in total. The third-order valence-electron chi connectivity index (χ3n) is 5.33. The predicted octanol–water partition coefficient (Wildman–Crippen LogP) is 2.79. The Morgan fingerprint density at radius 3 is 2.32 bits per heavy atom. The van der Waals surface area contributed by atoms with Gasteiger partial charge in [0.25, 0.3) is 0 Å². The Kier molecular flexibility index (Phi) is 10.5. The molecule has 1 heterocycles. The minimum absolute atomic E-state index is 0. The average Bonchev–Trinajstić information content (AvgIpc) is 2.65. The topological polar surface area (TPSA) is 72.9 Å². The number of nitrogens with zero attached hydrogens (tertiary/aromatic N) is 2. The summed E-state index contributed by atoms with van der Waals surface area (Å²) < 4.78 is 0. The number of hydrogen-bond acceptors (Lipinski definition) is 4. The molecule has 158 valence electrons. The predicted molar refractivity (Wildman–Crippen MR) is 114 cm³/mol. The van der Waals surface area contributed by atoms with Crippen molar-refractivity contribution in [2.45, 2.75) is 45.7 Å². The van der Waals surface area contributed by atoms with E-state index in [1.165, 1.54) is 0 Å². The standard InChI is InChI=1S/C21H33N3O3.ClH/c1-4-24(15-20(26)27)18-10-12-23(13-11-18)14-19(25)22-21(16(2)3)17-8-6-5-7-9-17;/h5-9,16,18,21H,4,10-15H2,1-3H3,(H,22,25)(H,26,27);1H. The van der Waals surface area contributed by atoms with Crippen molar-refractivity contribution in [1.29, 1.82) is 0 Å². The van der Waals surface area contributed by atoms with Crippen LogP contribution in [0.4, 0.5) is 0 Å². The molecule has 1 unspecified atom stereocenters. The van der Waals surface area contributed by atoms with Crippen LogP contribution in [0.2, 0.25) is 0 Å². The van der Waals surface area contributed by atoms with Crippen molar-refractivity contribution < 1.29 is 14.7 Å². The Balaban J connectivity index is 0.00000392. The second-order valence-electron chi connectivity index (χ2n) is 7.66. The summed E-state index contributed by atoms with van der Waals surface area (Å²) in [5.74, 6) is -0.413. The van der Waals surface area contributed by atoms with E-state index in [4.69, 9.17) is 5.11 Å². The van der Waals surface area contributed by atoms with Crippen LogP contribution < -0.4 is 5.32 Å². The smallest absolute Gasteiger partial charge is 0.317 e. The van der Waals surface area contributed by atoms with E-state index in [1.54, 1.807) is 0 Å². The molecule has 7 heteroatoms. The van der Waals surface area contributed by atoms with Crippen LogP contribution in [0.1, 0.15) is 45.2 Å². The summed E-state index contributed by atoms with van der Waals surface area (Å²) >= 11 is 0. The van der Waals surface area contributed by atoms with Crippen LogP contribution >= 0.6 is 12.4 Å². The fourth-order valence-corrected chi connectivity index (χ4v) is 3.83. The van der Waals surface area contributed by atoms with Gasteiger partial charge >= 0.3 is 5.97 Å². The van der Waals surface area contributed by atoms with Gasteiger partial charge in [0, 0.05) is 19.1 Å². The number of carboxylic acid groups (broad SMARTS) is 1. The van der Waals surface area contributed by atoms with E-state index in [2.05, 4.69) is 36.2 Å². The van der Waals surface area contributed by atoms with Crippen molar-refractivity contribution >= 4 is 24.3 Å². The zero-order valence-electron chi connectivity index (χ0n) is 17.1. The van der Waals surface area contributed by atoms with Gasteiger partial charge in [0.05, 0.1) is 19.1 Å². The monoisotopic (exact) mass is 411 g/mol. The molecule has 1 aliphatic heterocycles. The zero-order valence-corrected chi connectivity index (χ0v) is 18.0. The van der Waals surface area contributed by atoms with Crippen molar-refractivity contribution in [1.82, 2.24) is 15.1 Å². The number of piperidine rings is 1. The number of nitrogens with one attached hydrogen (secondary N) is 1. The normalized spacial score (nSPS) is 16.6. The highest BCUT2D eigenvalue weighted by Gasteiger charge is 2.26. The fourth-order valence-electron chi connectivity index (χ4n) is 3.83. The second kappa shape index (κ2) is 12.0. The number of carbonyl (C=O) groups is 2. The largest absolute Gasteiger partial charge is 0.480 e. The molecule has 2 rings (SSSR count). The van der Waals surface area contributed by atoms with E-state index in [0.717, 1.165) is 38.0 Å². The van der Waals surface area contributed by atoms with Gasteiger partial charge in [-0.2, -0.15) is 0 Å². The van der Waals surface area contributed by atoms with E-state index in [9.17, 15) is 9.59 Å². The summed E-state index contributed by atoms with van der Waals surface area (Å²) in [5.41, 5.74) is 1.13. The molecule has 6 nitrogen and oxygen atoms in total. The van der Waals surface area contributed by atoms with Crippen molar-refractivity contribution in [3.05, 3.63) is 35.9 Å². The van der Waals surface area contributed by atoms with Gasteiger partial charge in [-0.25, -0.2) is 0 Å². The van der Waals surface area contributed by atoms with E-state index in [-0.39, 0.29) is 36.9 Å². The SMILES string of the molecule is CCN(CC(=O)O)C1CCN(CC(=O)NC(c2ccccc2)C(C)C)CC1.Cl. The summed E-state index contributed by atoms with van der Waals surface area (Å²) in [6, 6.07) is 10.4. The van der Waals surface area contributed by atoms with Crippen LogP contribution in [0.3, 0.4) is 0 Å². The number of rotatable bonds is 9. The Morgan fingerprint density at radius 2 is 1.82 bits per heavy atom. The number of halogens is 1. The van der Waals surface area contributed by atoms with Gasteiger partial charge in [-0.05, 0) is 30.9 Å². The Bertz CT molecular complexity index is 604. The zero-order chi connectivity index (χ0) is 19.8. The summed E-state index contributed by atoms with van der Waals surface area (Å²) in [6.45, 7) is 9.11. The molecule has 1 atom stereocenters.